The Hall–Kier alpha value is -2.49. The summed E-state index contributed by atoms with van der Waals surface area (Å²) in [5, 5.41) is 0. The minimum absolute atomic E-state index is 0.0409. The molecule has 0 spiro atoms. The number of methoxy groups -OCH3 is 2. The number of aryl methyl sites for hydroxylation is 1. The number of hydrogen-bond donors (Lipinski definition) is 0. The quantitative estimate of drug-likeness (QED) is 0.818. The van der Waals surface area contributed by atoms with Crippen molar-refractivity contribution in [2.75, 3.05) is 20.8 Å². The number of likely N-dealkylation sites (tertiary alicyclic amines) is 1. The fraction of sp³-hybridized carbons (Fsp3) is 0.381. The zero-order valence-electron chi connectivity index (χ0n) is 15.1. The molecule has 1 fully saturated rings. The van der Waals surface area contributed by atoms with Crippen LogP contribution in [0.1, 0.15) is 47.3 Å². The zero-order chi connectivity index (χ0) is 17.8. The average molecular weight is 339 g/mol. The molecule has 1 aliphatic rings. The number of amides is 1. The second-order valence-corrected chi connectivity index (χ2v) is 6.31. The molecule has 4 nitrogen and oxygen atoms in total. The van der Waals surface area contributed by atoms with E-state index in [2.05, 4.69) is 6.92 Å². The van der Waals surface area contributed by atoms with Crippen LogP contribution in [0.15, 0.2) is 42.5 Å². The van der Waals surface area contributed by atoms with Crippen LogP contribution in [0.5, 0.6) is 11.5 Å². The summed E-state index contributed by atoms with van der Waals surface area (Å²) in [4.78, 5) is 15.0. The zero-order valence-corrected chi connectivity index (χ0v) is 15.1. The van der Waals surface area contributed by atoms with Gasteiger partial charge in [-0.25, -0.2) is 0 Å². The predicted octanol–water partition coefficient (Wildman–Crippen LogP) is 4.24. The summed E-state index contributed by atoms with van der Waals surface area (Å²) >= 11 is 0. The lowest BCUT2D eigenvalue weighted by Gasteiger charge is -2.26. The molecule has 3 rings (SSSR count). The first-order chi connectivity index (χ1) is 12.2. The summed E-state index contributed by atoms with van der Waals surface area (Å²) in [6.45, 7) is 2.89. The number of rotatable bonds is 5. The molecule has 0 aliphatic carbocycles. The molecule has 2 aromatic carbocycles. The van der Waals surface area contributed by atoms with Gasteiger partial charge in [0.2, 0.25) is 0 Å². The first-order valence-electron chi connectivity index (χ1n) is 8.79. The van der Waals surface area contributed by atoms with E-state index in [4.69, 9.17) is 9.47 Å². The molecule has 0 radical (unpaired) electrons. The van der Waals surface area contributed by atoms with E-state index >= 15 is 0 Å². The standard InChI is InChI=1S/C21H25NO3/c1-4-15-7-9-16(10-8-15)21(23)22-13-5-6-19(22)18-12-11-17(24-2)14-20(18)25-3/h7-12,14,19H,4-6,13H2,1-3H3. The molecule has 25 heavy (non-hydrogen) atoms. The SMILES string of the molecule is CCc1ccc(C(=O)N2CCCC2c2ccc(OC)cc2OC)cc1. The molecule has 0 N–H and O–H groups in total. The van der Waals surface area contributed by atoms with Gasteiger partial charge in [-0.05, 0) is 49.1 Å². The van der Waals surface area contributed by atoms with Crippen molar-refractivity contribution in [2.24, 2.45) is 0 Å². The molecule has 0 aromatic heterocycles. The number of carbonyl (C=O) groups excluding carboxylic acids is 1. The largest absolute Gasteiger partial charge is 0.497 e. The maximum Gasteiger partial charge on any atom is 0.254 e. The van der Waals surface area contributed by atoms with E-state index in [0.29, 0.717) is 0 Å². The fourth-order valence-electron chi connectivity index (χ4n) is 3.48. The van der Waals surface area contributed by atoms with E-state index in [1.807, 2.05) is 47.4 Å². The summed E-state index contributed by atoms with van der Waals surface area (Å²) in [5.41, 5.74) is 3.03. The molecular formula is C21H25NO3. The van der Waals surface area contributed by atoms with Gasteiger partial charge < -0.3 is 14.4 Å². The summed E-state index contributed by atoms with van der Waals surface area (Å²) in [6.07, 6.45) is 2.92. The highest BCUT2D eigenvalue weighted by Crippen LogP contribution is 2.39. The Bertz CT molecular complexity index is 739. The molecule has 2 aromatic rings. The van der Waals surface area contributed by atoms with Gasteiger partial charge in [0.1, 0.15) is 11.5 Å². The van der Waals surface area contributed by atoms with Gasteiger partial charge in [0.15, 0.2) is 0 Å². The Morgan fingerprint density at radius 1 is 1.12 bits per heavy atom. The maximum atomic E-state index is 13.0. The Morgan fingerprint density at radius 2 is 1.88 bits per heavy atom. The third kappa shape index (κ3) is 3.48. The number of hydrogen-bond acceptors (Lipinski definition) is 3. The molecule has 1 saturated heterocycles. The second-order valence-electron chi connectivity index (χ2n) is 6.31. The van der Waals surface area contributed by atoms with Gasteiger partial charge >= 0.3 is 0 Å². The lowest BCUT2D eigenvalue weighted by Crippen LogP contribution is -2.30. The van der Waals surface area contributed by atoms with Gasteiger partial charge in [0.05, 0.1) is 20.3 Å². The van der Waals surface area contributed by atoms with Crippen LogP contribution in [-0.4, -0.2) is 31.6 Å². The topological polar surface area (TPSA) is 38.8 Å². The number of ether oxygens (including phenoxy) is 2. The third-order valence-electron chi connectivity index (χ3n) is 4.92. The Balaban J connectivity index is 1.88. The minimum Gasteiger partial charge on any atom is -0.497 e. The van der Waals surface area contributed by atoms with Crippen LogP contribution in [0.2, 0.25) is 0 Å². The average Bonchev–Trinajstić information content (AvgIpc) is 3.16. The fourth-order valence-corrected chi connectivity index (χ4v) is 3.48. The Kier molecular flexibility index (Phi) is 5.27. The van der Waals surface area contributed by atoms with Crippen LogP contribution in [0, 0.1) is 0 Å². The van der Waals surface area contributed by atoms with E-state index in [0.717, 1.165) is 48.4 Å². The molecule has 1 amide bonds. The predicted molar refractivity (Wildman–Crippen MR) is 98.4 cm³/mol. The molecule has 1 unspecified atom stereocenters. The first kappa shape index (κ1) is 17.3. The van der Waals surface area contributed by atoms with E-state index in [1.165, 1.54) is 5.56 Å². The number of nitrogens with zero attached hydrogens (tertiary/aromatic N) is 1. The Labute approximate surface area is 149 Å². The van der Waals surface area contributed by atoms with Crippen molar-refractivity contribution in [1.29, 1.82) is 0 Å². The van der Waals surface area contributed by atoms with E-state index in [9.17, 15) is 4.79 Å². The maximum absolute atomic E-state index is 13.0. The number of carbonyl (C=O) groups is 1. The highest BCUT2D eigenvalue weighted by atomic mass is 16.5. The lowest BCUT2D eigenvalue weighted by molar-refractivity contribution is 0.0734. The summed E-state index contributed by atoms with van der Waals surface area (Å²) in [7, 11) is 3.29. The summed E-state index contributed by atoms with van der Waals surface area (Å²) < 4.78 is 10.8. The monoisotopic (exact) mass is 339 g/mol. The van der Waals surface area contributed by atoms with Crippen LogP contribution in [0.4, 0.5) is 0 Å². The molecule has 0 saturated carbocycles. The molecule has 0 bridgehead atoms. The van der Waals surface area contributed by atoms with E-state index in [1.54, 1.807) is 14.2 Å². The van der Waals surface area contributed by atoms with Gasteiger partial charge in [-0.3, -0.25) is 4.79 Å². The van der Waals surface area contributed by atoms with Crippen LogP contribution in [0.25, 0.3) is 0 Å². The number of benzene rings is 2. The normalized spacial score (nSPS) is 16.8. The van der Waals surface area contributed by atoms with Crippen LogP contribution < -0.4 is 9.47 Å². The van der Waals surface area contributed by atoms with Gasteiger partial charge in [-0.2, -0.15) is 0 Å². The minimum atomic E-state index is 0.0409. The van der Waals surface area contributed by atoms with E-state index in [-0.39, 0.29) is 11.9 Å². The van der Waals surface area contributed by atoms with Crippen molar-refractivity contribution < 1.29 is 14.3 Å². The van der Waals surface area contributed by atoms with Crippen LogP contribution >= 0.6 is 0 Å². The van der Waals surface area contributed by atoms with Gasteiger partial charge in [0, 0.05) is 23.7 Å². The second kappa shape index (κ2) is 7.60. The van der Waals surface area contributed by atoms with Crippen LogP contribution in [0.3, 0.4) is 0 Å². The Morgan fingerprint density at radius 3 is 2.52 bits per heavy atom. The summed E-state index contributed by atoms with van der Waals surface area (Å²) in [5.74, 6) is 1.61. The molecule has 4 heteroatoms. The van der Waals surface area contributed by atoms with Gasteiger partial charge in [-0.15, -0.1) is 0 Å². The smallest absolute Gasteiger partial charge is 0.254 e. The molecular weight excluding hydrogens is 314 g/mol. The molecule has 132 valence electrons. The lowest BCUT2D eigenvalue weighted by atomic mass is 10.0. The van der Waals surface area contributed by atoms with Gasteiger partial charge in [-0.1, -0.05) is 19.1 Å². The van der Waals surface area contributed by atoms with Crippen molar-refractivity contribution in [1.82, 2.24) is 4.90 Å². The van der Waals surface area contributed by atoms with Crippen molar-refractivity contribution in [3.63, 3.8) is 0 Å². The summed E-state index contributed by atoms with van der Waals surface area (Å²) in [6, 6.07) is 13.8. The highest BCUT2D eigenvalue weighted by molar-refractivity contribution is 5.94. The third-order valence-corrected chi connectivity index (χ3v) is 4.92. The molecule has 1 heterocycles. The van der Waals surface area contributed by atoms with Crippen molar-refractivity contribution in [3.05, 3.63) is 59.2 Å². The van der Waals surface area contributed by atoms with Crippen LogP contribution in [-0.2, 0) is 6.42 Å². The molecule has 1 aliphatic heterocycles. The van der Waals surface area contributed by atoms with Crippen molar-refractivity contribution >= 4 is 5.91 Å². The highest BCUT2D eigenvalue weighted by Gasteiger charge is 2.32. The van der Waals surface area contributed by atoms with Gasteiger partial charge in [0.25, 0.3) is 5.91 Å². The van der Waals surface area contributed by atoms with E-state index < -0.39 is 0 Å². The van der Waals surface area contributed by atoms with Crippen molar-refractivity contribution in [3.8, 4) is 11.5 Å². The molecule has 1 atom stereocenters. The first-order valence-corrected chi connectivity index (χ1v) is 8.79. The van der Waals surface area contributed by atoms with Crippen molar-refractivity contribution in [2.45, 2.75) is 32.2 Å².